The van der Waals surface area contributed by atoms with Gasteiger partial charge in [0.2, 0.25) is 0 Å². The van der Waals surface area contributed by atoms with Crippen LogP contribution in [0.2, 0.25) is 0 Å². The summed E-state index contributed by atoms with van der Waals surface area (Å²) in [7, 11) is 0. The van der Waals surface area contributed by atoms with Crippen LogP contribution in [-0.2, 0) is 0 Å². The Labute approximate surface area is 317 Å². The van der Waals surface area contributed by atoms with Gasteiger partial charge >= 0.3 is 0 Å². The Bertz CT molecular complexity index is 2940. The second kappa shape index (κ2) is 12.8. The third kappa shape index (κ3) is 5.42. The molecule has 0 radical (unpaired) electrons. The Kier molecular flexibility index (Phi) is 7.28. The second-order valence-corrected chi connectivity index (χ2v) is 14.1. The van der Waals surface area contributed by atoms with Gasteiger partial charge in [-0.2, -0.15) is 0 Å². The summed E-state index contributed by atoms with van der Waals surface area (Å²) in [5, 5.41) is 11.9. The van der Waals surface area contributed by atoms with Crippen LogP contribution >= 0.6 is 0 Å². The van der Waals surface area contributed by atoms with Crippen molar-refractivity contribution in [3.8, 4) is 39.8 Å². The molecule has 55 heavy (non-hydrogen) atoms. The van der Waals surface area contributed by atoms with Crippen molar-refractivity contribution in [3.63, 3.8) is 0 Å². The summed E-state index contributed by atoms with van der Waals surface area (Å²) in [5.41, 5.74) is 8.67. The second-order valence-electron chi connectivity index (χ2n) is 14.1. The van der Waals surface area contributed by atoms with E-state index in [-0.39, 0.29) is 12.3 Å². The van der Waals surface area contributed by atoms with Crippen LogP contribution in [0.25, 0.3) is 49.4 Å². The summed E-state index contributed by atoms with van der Waals surface area (Å²) in [6.45, 7) is 0. The lowest BCUT2D eigenvalue weighted by atomic mass is 10.0. The molecule has 2 aliphatic heterocycles. The highest BCUT2D eigenvalue weighted by atomic mass is 16.6. The number of ether oxygens (including phenoxy) is 2. The van der Waals surface area contributed by atoms with Gasteiger partial charge in [0.05, 0.1) is 5.52 Å². The molecule has 3 heterocycles. The SMILES string of the molecule is c1ccc(C2=NC(c3cccc(-c4ccc(-n5c6ccccc6c6ccc7c(c65)Oc5cc6ccccc6cc5O7)cc4)c3)NC(c3ccccc3)N2)cc1. The maximum absolute atomic E-state index is 6.76. The van der Waals surface area contributed by atoms with E-state index in [0.29, 0.717) is 17.2 Å². The molecule has 2 N–H and O–H groups in total. The Morgan fingerprint density at radius 3 is 1.96 bits per heavy atom. The summed E-state index contributed by atoms with van der Waals surface area (Å²) in [5.74, 6) is 3.72. The molecule has 8 aromatic carbocycles. The van der Waals surface area contributed by atoms with Gasteiger partial charge in [-0.3, -0.25) is 5.32 Å². The fourth-order valence-electron chi connectivity index (χ4n) is 8.02. The van der Waals surface area contributed by atoms with Crippen LogP contribution in [-0.4, -0.2) is 10.4 Å². The van der Waals surface area contributed by atoms with E-state index < -0.39 is 0 Å². The van der Waals surface area contributed by atoms with Crippen LogP contribution in [0.3, 0.4) is 0 Å². The van der Waals surface area contributed by atoms with Gasteiger partial charge in [-0.25, -0.2) is 4.99 Å². The monoisotopic (exact) mass is 710 g/mol. The van der Waals surface area contributed by atoms with E-state index in [0.717, 1.165) is 77.7 Å². The first-order chi connectivity index (χ1) is 27.2. The number of nitrogens with one attached hydrogen (secondary N) is 2. The molecule has 0 spiro atoms. The predicted molar refractivity (Wildman–Crippen MR) is 221 cm³/mol. The minimum Gasteiger partial charge on any atom is -0.449 e. The number of fused-ring (bicyclic) bond motifs is 7. The van der Waals surface area contributed by atoms with Crippen molar-refractivity contribution in [2.45, 2.75) is 12.3 Å². The number of amidine groups is 1. The van der Waals surface area contributed by atoms with E-state index in [4.69, 9.17) is 14.5 Å². The molecule has 6 nitrogen and oxygen atoms in total. The molecule has 0 aliphatic carbocycles. The van der Waals surface area contributed by atoms with Crippen LogP contribution in [0.15, 0.2) is 187 Å². The van der Waals surface area contributed by atoms with Crippen molar-refractivity contribution in [2.75, 3.05) is 0 Å². The van der Waals surface area contributed by atoms with Gasteiger partial charge < -0.3 is 19.4 Å². The first-order valence-electron chi connectivity index (χ1n) is 18.6. The number of aromatic nitrogens is 1. The summed E-state index contributed by atoms with van der Waals surface area (Å²) in [4.78, 5) is 5.17. The standard InChI is InChI=1S/C49H34N4O2/c1-3-12-32(13-4-1)47-50-48(33-14-5-2-6-15-33)52-49(51-47)37-19-11-18-34(28-37)31-22-24-38(25-23-31)53-41-21-10-9-20-39(41)40-26-27-42-46(45(40)53)55-44-30-36-17-8-7-16-35(36)29-43(44)54-42/h1-30,47,49,51H,(H,50,52). The quantitative estimate of drug-likeness (QED) is 0.187. The van der Waals surface area contributed by atoms with Gasteiger partial charge in [0.25, 0.3) is 0 Å². The van der Waals surface area contributed by atoms with Crippen LogP contribution < -0.4 is 20.1 Å². The maximum Gasteiger partial charge on any atom is 0.194 e. The van der Waals surface area contributed by atoms with Gasteiger partial charge in [0, 0.05) is 22.0 Å². The van der Waals surface area contributed by atoms with E-state index >= 15 is 0 Å². The first-order valence-corrected chi connectivity index (χ1v) is 18.6. The molecule has 0 amide bonds. The van der Waals surface area contributed by atoms with E-state index in [1.54, 1.807) is 0 Å². The number of nitrogens with zero attached hydrogens (tertiary/aromatic N) is 2. The zero-order chi connectivity index (χ0) is 36.3. The highest BCUT2D eigenvalue weighted by Crippen LogP contribution is 2.51. The molecular formula is C49H34N4O2. The zero-order valence-corrected chi connectivity index (χ0v) is 29.7. The molecule has 0 saturated heterocycles. The van der Waals surface area contributed by atoms with Gasteiger partial charge in [-0.05, 0) is 81.6 Å². The normalized spacial score (nSPS) is 16.1. The highest BCUT2D eigenvalue weighted by molar-refractivity contribution is 6.12. The van der Waals surface area contributed by atoms with E-state index in [2.05, 4.69) is 155 Å². The summed E-state index contributed by atoms with van der Waals surface area (Å²) in [6.07, 6.45) is -0.337. The number of benzene rings is 8. The minimum absolute atomic E-state index is 0.0963. The summed E-state index contributed by atoms with van der Waals surface area (Å²) in [6, 6.07) is 63.4. The smallest absolute Gasteiger partial charge is 0.194 e. The lowest BCUT2D eigenvalue weighted by Crippen LogP contribution is -2.44. The molecule has 2 atom stereocenters. The lowest BCUT2D eigenvalue weighted by molar-refractivity contribution is 0.363. The summed E-state index contributed by atoms with van der Waals surface area (Å²) < 4.78 is 15.6. The van der Waals surface area contributed by atoms with Gasteiger partial charge in [-0.1, -0.05) is 133 Å². The number of hydrogen-bond donors (Lipinski definition) is 2. The molecule has 0 bridgehead atoms. The molecule has 0 fully saturated rings. The van der Waals surface area contributed by atoms with E-state index in [1.807, 2.05) is 42.5 Å². The van der Waals surface area contributed by atoms with Crippen LogP contribution in [0.5, 0.6) is 23.0 Å². The molecule has 2 aliphatic rings. The average molecular weight is 711 g/mol. The lowest BCUT2D eigenvalue weighted by Gasteiger charge is -2.32. The Hall–Kier alpha value is -7.15. The van der Waals surface area contributed by atoms with Gasteiger partial charge in [0.15, 0.2) is 23.0 Å². The molecule has 6 heteroatoms. The largest absolute Gasteiger partial charge is 0.449 e. The van der Waals surface area contributed by atoms with Crippen LogP contribution in [0.4, 0.5) is 0 Å². The maximum atomic E-state index is 6.76. The average Bonchev–Trinajstić information content (AvgIpc) is 3.60. The third-order valence-corrected chi connectivity index (χ3v) is 10.7. The molecule has 9 aromatic rings. The van der Waals surface area contributed by atoms with Crippen molar-refractivity contribution < 1.29 is 9.47 Å². The zero-order valence-electron chi connectivity index (χ0n) is 29.7. The number of hydrogen-bond acceptors (Lipinski definition) is 5. The fraction of sp³-hybridized carbons (Fsp3) is 0.0408. The Morgan fingerprint density at radius 2 is 1.16 bits per heavy atom. The van der Waals surface area contributed by atoms with Crippen molar-refractivity contribution in [2.24, 2.45) is 4.99 Å². The Morgan fingerprint density at radius 1 is 0.491 bits per heavy atom. The minimum atomic E-state index is -0.241. The number of rotatable bonds is 5. The molecule has 0 saturated carbocycles. The van der Waals surface area contributed by atoms with E-state index in [9.17, 15) is 0 Å². The fourth-order valence-corrected chi connectivity index (χ4v) is 8.02. The van der Waals surface area contributed by atoms with Gasteiger partial charge in [-0.15, -0.1) is 0 Å². The van der Waals surface area contributed by atoms with Gasteiger partial charge in [0.1, 0.15) is 23.7 Å². The molecule has 11 rings (SSSR count). The van der Waals surface area contributed by atoms with Crippen molar-refractivity contribution in [1.29, 1.82) is 0 Å². The first kappa shape index (κ1) is 31.4. The van der Waals surface area contributed by atoms with Crippen LogP contribution in [0, 0.1) is 0 Å². The third-order valence-electron chi connectivity index (χ3n) is 10.7. The Balaban J connectivity index is 0.970. The van der Waals surface area contributed by atoms with E-state index in [1.165, 1.54) is 0 Å². The molecule has 2 unspecified atom stereocenters. The van der Waals surface area contributed by atoms with Crippen molar-refractivity contribution in [1.82, 2.24) is 15.2 Å². The molecule has 1 aromatic heterocycles. The summed E-state index contributed by atoms with van der Waals surface area (Å²) >= 11 is 0. The molecular weight excluding hydrogens is 677 g/mol. The predicted octanol–water partition coefficient (Wildman–Crippen LogP) is 11.8. The highest BCUT2D eigenvalue weighted by Gasteiger charge is 2.27. The van der Waals surface area contributed by atoms with Crippen molar-refractivity contribution >= 4 is 38.4 Å². The number of aliphatic imine (C=N–C) groups is 1. The molecule has 262 valence electrons. The number of para-hydroxylation sites is 1. The van der Waals surface area contributed by atoms with Crippen LogP contribution in [0.1, 0.15) is 29.0 Å². The van der Waals surface area contributed by atoms with Crippen molar-refractivity contribution in [3.05, 3.63) is 199 Å². The topological polar surface area (TPSA) is 59.8 Å².